The van der Waals surface area contributed by atoms with Crippen LogP contribution in [0, 0.1) is 6.92 Å². The number of rotatable bonds is 4. The number of nitrogens with zero attached hydrogens (tertiary/aromatic N) is 4. The molecule has 20 heavy (non-hydrogen) atoms. The fourth-order valence-electron chi connectivity index (χ4n) is 2.10. The molecule has 0 saturated carbocycles. The lowest BCUT2D eigenvalue weighted by molar-refractivity contribution is 0.401. The summed E-state index contributed by atoms with van der Waals surface area (Å²) in [6.07, 6.45) is 1.45. The van der Waals surface area contributed by atoms with Crippen LogP contribution in [0.3, 0.4) is 0 Å². The van der Waals surface area contributed by atoms with E-state index < -0.39 is 0 Å². The maximum Gasteiger partial charge on any atom is 0.245 e. The molecule has 7 heteroatoms. The van der Waals surface area contributed by atoms with Gasteiger partial charge in [-0.3, -0.25) is 0 Å². The van der Waals surface area contributed by atoms with Crippen LogP contribution < -0.4 is 4.74 Å². The summed E-state index contributed by atoms with van der Waals surface area (Å²) in [5.41, 5.74) is 1.29. The van der Waals surface area contributed by atoms with Crippen LogP contribution in [-0.2, 0) is 12.4 Å². The van der Waals surface area contributed by atoms with E-state index >= 15 is 0 Å². The Morgan fingerprint density at radius 3 is 2.85 bits per heavy atom. The predicted octanol–water partition coefficient (Wildman–Crippen LogP) is 2.52. The maximum absolute atomic E-state index is 5.97. The van der Waals surface area contributed by atoms with Crippen molar-refractivity contribution >= 4 is 22.8 Å². The van der Waals surface area contributed by atoms with Crippen LogP contribution in [0.1, 0.15) is 17.3 Å². The second kappa shape index (κ2) is 5.13. The number of furan rings is 1. The Bertz CT molecular complexity index is 750. The van der Waals surface area contributed by atoms with Gasteiger partial charge in [-0.1, -0.05) is 0 Å². The fourth-order valence-corrected chi connectivity index (χ4v) is 2.31. The number of aryl methyl sites for hydroxylation is 1. The van der Waals surface area contributed by atoms with E-state index in [0.717, 1.165) is 11.5 Å². The number of fused-ring (bicyclic) bond motifs is 1. The topological polar surface area (TPSA) is 66.0 Å². The standard InChI is InChI=1S/C13H13ClN4O2/c1-8-3-4-9(20-8)6-18-10(5-14)17-11-12(18)15-7-16-13(11)19-2/h3-4,7H,5-6H2,1-2H3. The number of alkyl halides is 1. The summed E-state index contributed by atoms with van der Waals surface area (Å²) in [6.45, 7) is 2.43. The van der Waals surface area contributed by atoms with E-state index in [9.17, 15) is 0 Å². The van der Waals surface area contributed by atoms with Gasteiger partial charge in [-0.05, 0) is 19.1 Å². The molecule has 0 aliphatic rings. The van der Waals surface area contributed by atoms with Gasteiger partial charge >= 0.3 is 0 Å². The minimum Gasteiger partial charge on any atom is -0.479 e. The normalized spacial score (nSPS) is 11.2. The zero-order chi connectivity index (χ0) is 14.1. The summed E-state index contributed by atoms with van der Waals surface area (Å²) < 4.78 is 12.7. The highest BCUT2D eigenvalue weighted by atomic mass is 35.5. The molecule has 3 heterocycles. The highest BCUT2D eigenvalue weighted by Gasteiger charge is 2.16. The summed E-state index contributed by atoms with van der Waals surface area (Å²) in [5.74, 6) is 3.11. The summed E-state index contributed by atoms with van der Waals surface area (Å²) in [7, 11) is 1.55. The van der Waals surface area contributed by atoms with Crippen LogP contribution >= 0.6 is 11.6 Å². The molecule has 104 valence electrons. The molecule has 0 spiro atoms. The molecule has 0 fully saturated rings. The minimum absolute atomic E-state index is 0.277. The smallest absolute Gasteiger partial charge is 0.245 e. The lowest BCUT2D eigenvalue weighted by Gasteiger charge is -2.04. The molecule has 0 radical (unpaired) electrons. The number of hydrogen-bond acceptors (Lipinski definition) is 5. The second-order valence-electron chi connectivity index (χ2n) is 4.32. The van der Waals surface area contributed by atoms with E-state index in [1.54, 1.807) is 7.11 Å². The Balaban J connectivity index is 2.13. The number of imidazole rings is 1. The molecule has 0 aliphatic carbocycles. The van der Waals surface area contributed by atoms with Crippen LogP contribution in [0.2, 0.25) is 0 Å². The van der Waals surface area contributed by atoms with Gasteiger partial charge in [-0.15, -0.1) is 11.6 Å². The summed E-state index contributed by atoms with van der Waals surface area (Å²) in [5, 5.41) is 0. The molecule has 0 N–H and O–H groups in total. The van der Waals surface area contributed by atoms with Crippen molar-refractivity contribution in [3.63, 3.8) is 0 Å². The van der Waals surface area contributed by atoms with E-state index in [1.807, 2.05) is 23.6 Å². The van der Waals surface area contributed by atoms with Gasteiger partial charge in [0, 0.05) is 0 Å². The van der Waals surface area contributed by atoms with Crippen molar-refractivity contribution in [1.29, 1.82) is 0 Å². The average molecular weight is 293 g/mol. The molecule has 0 aliphatic heterocycles. The molecule has 0 bridgehead atoms. The lowest BCUT2D eigenvalue weighted by Crippen LogP contribution is -2.04. The van der Waals surface area contributed by atoms with Crippen LogP contribution in [-0.4, -0.2) is 26.6 Å². The number of methoxy groups -OCH3 is 1. The van der Waals surface area contributed by atoms with Crippen molar-refractivity contribution < 1.29 is 9.15 Å². The monoisotopic (exact) mass is 292 g/mol. The number of hydrogen-bond donors (Lipinski definition) is 0. The predicted molar refractivity (Wildman–Crippen MR) is 74.0 cm³/mol. The highest BCUT2D eigenvalue weighted by Crippen LogP contribution is 2.23. The van der Waals surface area contributed by atoms with Crippen LogP contribution in [0.5, 0.6) is 5.88 Å². The molecule has 0 atom stereocenters. The van der Waals surface area contributed by atoms with E-state index in [1.165, 1.54) is 6.33 Å². The van der Waals surface area contributed by atoms with Gasteiger partial charge in [0.05, 0.1) is 19.5 Å². The zero-order valence-corrected chi connectivity index (χ0v) is 11.9. The summed E-state index contributed by atoms with van der Waals surface area (Å²) in [4.78, 5) is 12.8. The zero-order valence-electron chi connectivity index (χ0n) is 11.1. The summed E-state index contributed by atoms with van der Waals surface area (Å²) >= 11 is 5.97. The first kappa shape index (κ1) is 12.9. The molecule has 0 saturated heterocycles. The van der Waals surface area contributed by atoms with E-state index in [4.69, 9.17) is 20.8 Å². The largest absolute Gasteiger partial charge is 0.479 e. The van der Waals surface area contributed by atoms with Gasteiger partial charge in [0.2, 0.25) is 5.88 Å². The van der Waals surface area contributed by atoms with E-state index in [0.29, 0.717) is 29.4 Å². The lowest BCUT2D eigenvalue weighted by atomic mass is 10.4. The molecule has 0 amide bonds. The third-order valence-corrected chi connectivity index (χ3v) is 3.24. The SMILES string of the molecule is COc1ncnc2c1nc(CCl)n2Cc1ccc(C)o1. The fraction of sp³-hybridized carbons (Fsp3) is 0.308. The number of halogens is 1. The second-order valence-corrected chi connectivity index (χ2v) is 4.58. The van der Waals surface area contributed by atoms with Crippen molar-refractivity contribution in [1.82, 2.24) is 19.5 Å². The number of ether oxygens (including phenoxy) is 1. The Labute approximate surface area is 120 Å². The quantitative estimate of drug-likeness (QED) is 0.691. The maximum atomic E-state index is 5.97. The van der Waals surface area contributed by atoms with E-state index in [-0.39, 0.29) is 5.88 Å². The van der Waals surface area contributed by atoms with Crippen LogP contribution in [0.4, 0.5) is 0 Å². The Morgan fingerprint density at radius 2 is 2.20 bits per heavy atom. The summed E-state index contributed by atoms with van der Waals surface area (Å²) in [6, 6.07) is 3.85. The van der Waals surface area contributed by atoms with Crippen molar-refractivity contribution in [2.75, 3.05) is 7.11 Å². The van der Waals surface area contributed by atoms with Gasteiger partial charge in [0.1, 0.15) is 23.7 Å². The number of aromatic nitrogens is 4. The Morgan fingerprint density at radius 1 is 1.35 bits per heavy atom. The molecule has 6 nitrogen and oxygen atoms in total. The van der Waals surface area contributed by atoms with Crippen molar-refractivity contribution in [2.45, 2.75) is 19.3 Å². The molecule has 3 aromatic heterocycles. The van der Waals surface area contributed by atoms with Crippen LogP contribution in [0.25, 0.3) is 11.2 Å². The molecule has 0 aromatic carbocycles. The highest BCUT2D eigenvalue weighted by molar-refractivity contribution is 6.16. The van der Waals surface area contributed by atoms with Gasteiger partial charge in [-0.25, -0.2) is 9.97 Å². The van der Waals surface area contributed by atoms with Gasteiger partial charge in [0.15, 0.2) is 11.2 Å². The minimum atomic E-state index is 0.277. The third kappa shape index (κ3) is 2.12. The average Bonchev–Trinajstić information content (AvgIpc) is 3.03. The molecular formula is C13H13ClN4O2. The van der Waals surface area contributed by atoms with Crippen molar-refractivity contribution in [3.05, 3.63) is 35.8 Å². The third-order valence-electron chi connectivity index (χ3n) is 3.00. The van der Waals surface area contributed by atoms with Gasteiger partial charge in [0.25, 0.3) is 0 Å². The van der Waals surface area contributed by atoms with Gasteiger partial charge < -0.3 is 13.7 Å². The van der Waals surface area contributed by atoms with Crippen LogP contribution in [0.15, 0.2) is 22.9 Å². The van der Waals surface area contributed by atoms with E-state index in [2.05, 4.69) is 15.0 Å². The molecule has 3 rings (SSSR count). The van der Waals surface area contributed by atoms with Gasteiger partial charge in [-0.2, -0.15) is 4.98 Å². The molecule has 3 aromatic rings. The van der Waals surface area contributed by atoms with Crippen molar-refractivity contribution in [3.8, 4) is 5.88 Å². The first-order valence-corrected chi connectivity index (χ1v) is 6.61. The molecular weight excluding hydrogens is 280 g/mol. The first-order chi connectivity index (χ1) is 9.72. The Hall–Kier alpha value is -2.08. The first-order valence-electron chi connectivity index (χ1n) is 6.08. The Kier molecular flexibility index (Phi) is 3.31. The molecule has 0 unspecified atom stereocenters. The van der Waals surface area contributed by atoms with Crippen molar-refractivity contribution in [2.24, 2.45) is 0 Å².